The van der Waals surface area contributed by atoms with Gasteiger partial charge in [-0.1, -0.05) is 48.0 Å². The van der Waals surface area contributed by atoms with Crippen molar-refractivity contribution in [3.63, 3.8) is 0 Å². The van der Waals surface area contributed by atoms with Gasteiger partial charge in [0.25, 0.3) is 5.78 Å². The van der Waals surface area contributed by atoms with Gasteiger partial charge in [-0.05, 0) is 24.1 Å². The molecule has 0 saturated heterocycles. The summed E-state index contributed by atoms with van der Waals surface area (Å²) in [4.78, 5) is 22.0. The Morgan fingerprint density at radius 2 is 1.56 bits per heavy atom. The minimum absolute atomic E-state index is 0.196. The Kier molecular flexibility index (Phi) is 3.24. The number of carboxylic acid groups (broad SMARTS) is 1. The summed E-state index contributed by atoms with van der Waals surface area (Å²) in [6.45, 7) is 1.98. The maximum absolute atomic E-state index is 11.4. The lowest BCUT2D eigenvalue weighted by Gasteiger charge is -2.04. The van der Waals surface area contributed by atoms with Crippen molar-refractivity contribution in [1.29, 1.82) is 0 Å². The molecule has 2 aromatic rings. The summed E-state index contributed by atoms with van der Waals surface area (Å²) in [5.74, 6) is -2.32. The van der Waals surface area contributed by atoms with Crippen LogP contribution < -0.4 is 0 Å². The monoisotopic (exact) mass is 240 g/mol. The largest absolute Gasteiger partial charge is 0.475 e. The van der Waals surface area contributed by atoms with E-state index in [1.807, 2.05) is 37.3 Å². The number of benzene rings is 2. The Morgan fingerprint density at radius 3 is 2.17 bits per heavy atom. The molecule has 0 aliphatic heterocycles. The summed E-state index contributed by atoms with van der Waals surface area (Å²) < 4.78 is 0. The smallest absolute Gasteiger partial charge is 0.377 e. The highest BCUT2D eigenvalue weighted by molar-refractivity contribution is 6.39. The Morgan fingerprint density at radius 1 is 0.944 bits per heavy atom. The van der Waals surface area contributed by atoms with Gasteiger partial charge < -0.3 is 5.11 Å². The van der Waals surface area contributed by atoms with E-state index in [1.165, 1.54) is 6.07 Å². The molecule has 2 aromatic carbocycles. The second-order valence-corrected chi connectivity index (χ2v) is 4.08. The van der Waals surface area contributed by atoms with Crippen LogP contribution in [0.25, 0.3) is 11.1 Å². The van der Waals surface area contributed by atoms with Gasteiger partial charge in [0, 0.05) is 5.56 Å². The van der Waals surface area contributed by atoms with Crippen LogP contribution in [0.5, 0.6) is 0 Å². The molecule has 0 atom stereocenters. The number of aliphatic carboxylic acids is 1. The van der Waals surface area contributed by atoms with Crippen LogP contribution in [0.15, 0.2) is 48.5 Å². The maximum Gasteiger partial charge on any atom is 0.377 e. The molecule has 90 valence electrons. The van der Waals surface area contributed by atoms with Crippen molar-refractivity contribution in [1.82, 2.24) is 0 Å². The summed E-state index contributed by atoms with van der Waals surface area (Å²) in [7, 11) is 0. The first-order valence-corrected chi connectivity index (χ1v) is 5.52. The van der Waals surface area contributed by atoms with Crippen molar-refractivity contribution in [2.24, 2.45) is 0 Å². The van der Waals surface area contributed by atoms with E-state index in [-0.39, 0.29) is 5.56 Å². The van der Waals surface area contributed by atoms with E-state index in [9.17, 15) is 9.59 Å². The third-order valence-electron chi connectivity index (χ3n) is 2.67. The van der Waals surface area contributed by atoms with Crippen molar-refractivity contribution in [3.8, 4) is 11.1 Å². The van der Waals surface area contributed by atoms with Crippen molar-refractivity contribution in [2.75, 3.05) is 0 Å². The molecule has 1 N–H and O–H groups in total. The molecular weight excluding hydrogens is 228 g/mol. The van der Waals surface area contributed by atoms with Crippen LogP contribution in [-0.2, 0) is 4.79 Å². The molecule has 0 heterocycles. The predicted octanol–water partition coefficient (Wildman–Crippen LogP) is 2.93. The number of carboxylic acids is 1. The number of carbonyl (C=O) groups excluding carboxylic acids is 1. The van der Waals surface area contributed by atoms with E-state index < -0.39 is 11.8 Å². The number of carbonyl (C=O) groups is 2. The molecule has 0 radical (unpaired) electrons. The Hall–Kier alpha value is -2.42. The zero-order valence-corrected chi connectivity index (χ0v) is 9.88. The van der Waals surface area contributed by atoms with Crippen molar-refractivity contribution >= 4 is 11.8 Å². The van der Waals surface area contributed by atoms with E-state index in [4.69, 9.17) is 5.11 Å². The Bertz CT molecular complexity index is 615. The molecule has 18 heavy (non-hydrogen) atoms. The van der Waals surface area contributed by atoms with Crippen molar-refractivity contribution in [3.05, 3.63) is 59.7 Å². The Labute approximate surface area is 105 Å². The summed E-state index contributed by atoms with van der Waals surface area (Å²) in [6, 6.07) is 14.5. The van der Waals surface area contributed by atoms with Crippen molar-refractivity contribution in [2.45, 2.75) is 6.92 Å². The SMILES string of the molecule is Cc1cccc(-c2cccc(C(=O)C(=O)O)c2)c1. The number of aryl methyl sites for hydroxylation is 1. The minimum Gasteiger partial charge on any atom is -0.475 e. The van der Waals surface area contributed by atoms with Gasteiger partial charge in [0.05, 0.1) is 0 Å². The van der Waals surface area contributed by atoms with Crippen LogP contribution in [-0.4, -0.2) is 16.9 Å². The fraction of sp³-hybridized carbons (Fsp3) is 0.0667. The first kappa shape index (κ1) is 12.0. The van der Waals surface area contributed by atoms with Gasteiger partial charge in [0.15, 0.2) is 0 Å². The molecule has 0 amide bonds. The summed E-state index contributed by atoms with van der Waals surface area (Å²) >= 11 is 0. The van der Waals surface area contributed by atoms with Gasteiger partial charge in [-0.25, -0.2) is 4.79 Å². The van der Waals surface area contributed by atoms with Gasteiger partial charge >= 0.3 is 5.97 Å². The van der Waals surface area contributed by atoms with Gasteiger partial charge in [0.1, 0.15) is 0 Å². The zero-order valence-electron chi connectivity index (χ0n) is 9.88. The molecule has 2 rings (SSSR count). The molecular formula is C15H12O3. The molecule has 3 nitrogen and oxygen atoms in total. The van der Waals surface area contributed by atoms with E-state index in [0.29, 0.717) is 0 Å². The van der Waals surface area contributed by atoms with Crippen molar-refractivity contribution < 1.29 is 14.7 Å². The lowest BCUT2D eigenvalue weighted by atomic mass is 10.00. The van der Waals surface area contributed by atoms with E-state index in [0.717, 1.165) is 16.7 Å². The highest BCUT2D eigenvalue weighted by atomic mass is 16.4. The van der Waals surface area contributed by atoms with Gasteiger partial charge in [-0.3, -0.25) is 4.79 Å². The molecule has 0 aliphatic rings. The van der Waals surface area contributed by atoms with E-state index in [1.54, 1.807) is 12.1 Å². The molecule has 0 spiro atoms. The number of ketones is 1. The normalized spacial score (nSPS) is 10.1. The van der Waals surface area contributed by atoms with E-state index >= 15 is 0 Å². The van der Waals surface area contributed by atoms with Crippen LogP contribution in [0.3, 0.4) is 0 Å². The lowest BCUT2D eigenvalue weighted by molar-refractivity contribution is -0.131. The van der Waals surface area contributed by atoms with Crippen LogP contribution in [0, 0.1) is 6.92 Å². The second-order valence-electron chi connectivity index (χ2n) is 4.08. The van der Waals surface area contributed by atoms with Gasteiger partial charge in [0.2, 0.25) is 0 Å². The quantitative estimate of drug-likeness (QED) is 0.663. The molecule has 0 saturated carbocycles. The first-order valence-electron chi connectivity index (χ1n) is 5.52. The lowest BCUT2D eigenvalue weighted by Crippen LogP contribution is -2.12. The minimum atomic E-state index is -1.43. The fourth-order valence-corrected chi connectivity index (χ4v) is 1.79. The second kappa shape index (κ2) is 4.84. The van der Waals surface area contributed by atoms with Gasteiger partial charge in [-0.2, -0.15) is 0 Å². The fourth-order valence-electron chi connectivity index (χ4n) is 1.79. The van der Waals surface area contributed by atoms with E-state index in [2.05, 4.69) is 0 Å². The number of Topliss-reactive ketones (excluding diaryl/α,β-unsaturated/α-hetero) is 1. The highest BCUT2D eigenvalue weighted by Gasteiger charge is 2.14. The average molecular weight is 240 g/mol. The number of hydrogen-bond donors (Lipinski definition) is 1. The maximum atomic E-state index is 11.4. The number of rotatable bonds is 3. The molecule has 3 heteroatoms. The summed E-state index contributed by atoms with van der Waals surface area (Å²) in [5, 5.41) is 8.69. The van der Waals surface area contributed by atoms with Crippen LogP contribution in [0.1, 0.15) is 15.9 Å². The summed E-state index contributed by atoms with van der Waals surface area (Å²) in [6.07, 6.45) is 0. The van der Waals surface area contributed by atoms with Gasteiger partial charge in [-0.15, -0.1) is 0 Å². The zero-order chi connectivity index (χ0) is 13.1. The third-order valence-corrected chi connectivity index (χ3v) is 2.67. The molecule has 0 unspecified atom stereocenters. The average Bonchev–Trinajstić information content (AvgIpc) is 2.38. The molecule has 0 aromatic heterocycles. The predicted molar refractivity (Wildman–Crippen MR) is 68.6 cm³/mol. The molecule has 0 bridgehead atoms. The topological polar surface area (TPSA) is 54.4 Å². The molecule has 0 aliphatic carbocycles. The summed E-state index contributed by atoms with van der Waals surface area (Å²) in [5.41, 5.74) is 3.12. The van der Waals surface area contributed by atoms with Crippen LogP contribution in [0.4, 0.5) is 0 Å². The highest BCUT2D eigenvalue weighted by Crippen LogP contribution is 2.21. The standard InChI is InChI=1S/C15H12O3/c1-10-4-2-5-11(8-10)12-6-3-7-13(9-12)14(16)15(17)18/h2-9H,1H3,(H,17,18). The molecule has 0 fully saturated rings. The Balaban J connectivity index is 2.45. The van der Waals surface area contributed by atoms with Crippen LogP contribution >= 0.6 is 0 Å². The van der Waals surface area contributed by atoms with Crippen LogP contribution in [0.2, 0.25) is 0 Å². The third kappa shape index (κ3) is 2.46. The number of hydrogen-bond acceptors (Lipinski definition) is 2. The first-order chi connectivity index (χ1) is 8.58.